The average molecular weight is 226 g/mol. The summed E-state index contributed by atoms with van der Waals surface area (Å²) in [4.78, 5) is 12.7. The molecule has 0 fully saturated rings. The van der Waals surface area contributed by atoms with Crippen LogP contribution in [-0.2, 0) is 5.88 Å². The molecule has 72 valence electrons. The molecular weight excluding hydrogens is 218 g/mol. The average Bonchev–Trinajstić information content (AvgIpc) is 2.71. The fourth-order valence-corrected chi connectivity index (χ4v) is 1.86. The van der Waals surface area contributed by atoms with Gasteiger partial charge < -0.3 is 0 Å². The third-order valence-electron chi connectivity index (χ3n) is 1.86. The molecule has 2 rings (SSSR count). The molecule has 14 heavy (non-hydrogen) atoms. The van der Waals surface area contributed by atoms with Crippen molar-refractivity contribution in [3.63, 3.8) is 0 Å². The standard InChI is InChI=1S/C9H8ClN3S/c1-6-3-11-9(13-7(6)2-10)8-4-14-5-12-8/h3-5H,2H2,1H3. The van der Waals surface area contributed by atoms with Crippen molar-refractivity contribution in [2.75, 3.05) is 0 Å². The number of aryl methyl sites for hydroxylation is 1. The minimum Gasteiger partial charge on any atom is -0.241 e. The van der Waals surface area contributed by atoms with Gasteiger partial charge in [0.1, 0.15) is 5.69 Å². The molecule has 0 atom stereocenters. The van der Waals surface area contributed by atoms with Crippen LogP contribution in [0.15, 0.2) is 17.1 Å². The monoisotopic (exact) mass is 225 g/mol. The van der Waals surface area contributed by atoms with Crippen LogP contribution in [-0.4, -0.2) is 15.0 Å². The maximum Gasteiger partial charge on any atom is 0.179 e. The lowest BCUT2D eigenvalue weighted by molar-refractivity contribution is 1.04. The molecule has 0 N–H and O–H groups in total. The second-order valence-corrected chi connectivity index (χ2v) is 3.82. The summed E-state index contributed by atoms with van der Waals surface area (Å²) in [6, 6.07) is 0. The molecule has 0 bridgehead atoms. The molecule has 0 amide bonds. The minimum atomic E-state index is 0.408. The summed E-state index contributed by atoms with van der Waals surface area (Å²) in [5.41, 5.74) is 4.45. The number of rotatable bonds is 2. The highest BCUT2D eigenvalue weighted by molar-refractivity contribution is 7.07. The van der Waals surface area contributed by atoms with E-state index < -0.39 is 0 Å². The lowest BCUT2D eigenvalue weighted by Gasteiger charge is -2.01. The van der Waals surface area contributed by atoms with Gasteiger partial charge in [-0.2, -0.15) is 0 Å². The van der Waals surface area contributed by atoms with Gasteiger partial charge in [-0.1, -0.05) is 0 Å². The lowest BCUT2D eigenvalue weighted by atomic mass is 10.3. The first kappa shape index (κ1) is 9.55. The third-order valence-corrected chi connectivity index (χ3v) is 2.70. The molecule has 0 saturated carbocycles. The predicted octanol–water partition coefficient (Wildman–Crippen LogP) is 2.65. The zero-order valence-corrected chi connectivity index (χ0v) is 9.14. The molecule has 0 radical (unpaired) electrons. The van der Waals surface area contributed by atoms with Crippen LogP contribution in [0.25, 0.3) is 11.5 Å². The van der Waals surface area contributed by atoms with E-state index in [4.69, 9.17) is 11.6 Å². The van der Waals surface area contributed by atoms with E-state index in [1.807, 2.05) is 12.3 Å². The molecule has 0 aliphatic carbocycles. The zero-order valence-electron chi connectivity index (χ0n) is 7.57. The number of hydrogen-bond acceptors (Lipinski definition) is 4. The Kier molecular flexibility index (Phi) is 2.74. The smallest absolute Gasteiger partial charge is 0.179 e. The van der Waals surface area contributed by atoms with Crippen LogP contribution in [0.5, 0.6) is 0 Å². The number of hydrogen-bond donors (Lipinski definition) is 0. The van der Waals surface area contributed by atoms with Gasteiger partial charge in [-0.3, -0.25) is 0 Å². The summed E-state index contributed by atoms with van der Waals surface area (Å²) in [5, 5.41) is 1.92. The van der Waals surface area contributed by atoms with Gasteiger partial charge in [-0.25, -0.2) is 15.0 Å². The number of nitrogens with zero attached hydrogens (tertiary/aromatic N) is 3. The largest absolute Gasteiger partial charge is 0.241 e. The normalized spacial score (nSPS) is 10.4. The summed E-state index contributed by atoms with van der Waals surface area (Å²) < 4.78 is 0. The summed E-state index contributed by atoms with van der Waals surface area (Å²) in [5.74, 6) is 1.05. The van der Waals surface area contributed by atoms with E-state index >= 15 is 0 Å². The first-order valence-corrected chi connectivity index (χ1v) is 5.56. The molecule has 2 aromatic heterocycles. The van der Waals surface area contributed by atoms with Gasteiger partial charge in [0, 0.05) is 11.6 Å². The van der Waals surface area contributed by atoms with E-state index in [1.165, 1.54) is 11.3 Å². The van der Waals surface area contributed by atoms with Crippen molar-refractivity contribution < 1.29 is 0 Å². The summed E-state index contributed by atoms with van der Waals surface area (Å²) in [6.07, 6.45) is 1.78. The van der Waals surface area contributed by atoms with E-state index in [0.717, 1.165) is 17.0 Å². The zero-order chi connectivity index (χ0) is 9.97. The Morgan fingerprint density at radius 1 is 1.43 bits per heavy atom. The van der Waals surface area contributed by atoms with Gasteiger partial charge in [-0.05, 0) is 12.5 Å². The van der Waals surface area contributed by atoms with Crippen molar-refractivity contribution >= 4 is 22.9 Å². The van der Waals surface area contributed by atoms with Gasteiger partial charge in [0.15, 0.2) is 5.82 Å². The quantitative estimate of drug-likeness (QED) is 0.738. The van der Waals surface area contributed by atoms with Crippen LogP contribution >= 0.6 is 22.9 Å². The SMILES string of the molecule is Cc1cnc(-c2cscn2)nc1CCl. The molecule has 2 heterocycles. The number of halogens is 1. The summed E-state index contributed by atoms with van der Waals surface area (Å²) in [7, 11) is 0. The molecule has 0 saturated heterocycles. The maximum atomic E-state index is 5.76. The van der Waals surface area contributed by atoms with Crippen molar-refractivity contribution in [2.45, 2.75) is 12.8 Å². The summed E-state index contributed by atoms with van der Waals surface area (Å²) in [6.45, 7) is 1.95. The first-order chi connectivity index (χ1) is 6.81. The van der Waals surface area contributed by atoms with Gasteiger partial charge in [0.2, 0.25) is 0 Å². The highest BCUT2D eigenvalue weighted by Crippen LogP contribution is 2.16. The first-order valence-electron chi connectivity index (χ1n) is 4.08. The van der Waals surface area contributed by atoms with E-state index in [2.05, 4.69) is 15.0 Å². The van der Waals surface area contributed by atoms with Crippen molar-refractivity contribution in [3.05, 3.63) is 28.3 Å². The van der Waals surface area contributed by atoms with E-state index in [9.17, 15) is 0 Å². The van der Waals surface area contributed by atoms with Gasteiger partial charge in [0.25, 0.3) is 0 Å². The topological polar surface area (TPSA) is 38.7 Å². The minimum absolute atomic E-state index is 0.408. The second-order valence-electron chi connectivity index (χ2n) is 2.83. The van der Waals surface area contributed by atoms with E-state index in [-0.39, 0.29) is 0 Å². The number of aromatic nitrogens is 3. The molecule has 2 aromatic rings. The van der Waals surface area contributed by atoms with Crippen molar-refractivity contribution in [3.8, 4) is 11.5 Å². The highest BCUT2D eigenvalue weighted by atomic mass is 35.5. The third kappa shape index (κ3) is 1.76. The Morgan fingerprint density at radius 2 is 2.29 bits per heavy atom. The molecule has 3 nitrogen and oxygen atoms in total. The molecule has 5 heteroatoms. The van der Waals surface area contributed by atoms with E-state index in [0.29, 0.717) is 11.7 Å². The second kappa shape index (κ2) is 4.02. The maximum absolute atomic E-state index is 5.76. The molecule has 0 aliphatic heterocycles. The van der Waals surface area contributed by atoms with Gasteiger partial charge >= 0.3 is 0 Å². The molecule has 0 spiro atoms. The van der Waals surface area contributed by atoms with Crippen molar-refractivity contribution in [2.24, 2.45) is 0 Å². The van der Waals surface area contributed by atoms with Gasteiger partial charge in [0.05, 0.1) is 17.1 Å². The molecule has 0 aliphatic rings. The number of thiazole rings is 1. The molecular formula is C9H8ClN3S. The fourth-order valence-electron chi connectivity index (χ4n) is 1.06. The lowest BCUT2D eigenvalue weighted by Crippen LogP contribution is -1.96. The van der Waals surface area contributed by atoms with Crippen molar-refractivity contribution in [1.29, 1.82) is 0 Å². The van der Waals surface area contributed by atoms with Crippen LogP contribution in [0.1, 0.15) is 11.3 Å². The summed E-state index contributed by atoms with van der Waals surface area (Å²) >= 11 is 7.29. The fraction of sp³-hybridized carbons (Fsp3) is 0.222. The Hall–Kier alpha value is -1.00. The van der Waals surface area contributed by atoms with Crippen LogP contribution in [0.3, 0.4) is 0 Å². The van der Waals surface area contributed by atoms with Crippen LogP contribution in [0, 0.1) is 6.92 Å². The van der Waals surface area contributed by atoms with Crippen LogP contribution in [0.2, 0.25) is 0 Å². The molecule has 0 unspecified atom stereocenters. The van der Waals surface area contributed by atoms with Crippen LogP contribution in [0.4, 0.5) is 0 Å². The van der Waals surface area contributed by atoms with Gasteiger partial charge in [-0.15, -0.1) is 22.9 Å². The van der Waals surface area contributed by atoms with Crippen molar-refractivity contribution in [1.82, 2.24) is 15.0 Å². The Balaban J connectivity index is 2.46. The molecule has 0 aromatic carbocycles. The van der Waals surface area contributed by atoms with Crippen LogP contribution < -0.4 is 0 Å². The Morgan fingerprint density at radius 3 is 2.93 bits per heavy atom. The number of alkyl halides is 1. The Bertz CT molecular complexity index is 428. The Labute approximate surface area is 90.8 Å². The highest BCUT2D eigenvalue weighted by Gasteiger charge is 2.06. The van der Waals surface area contributed by atoms with E-state index in [1.54, 1.807) is 11.7 Å². The predicted molar refractivity (Wildman–Crippen MR) is 57.4 cm³/mol.